The first-order chi connectivity index (χ1) is 12.2. The Morgan fingerprint density at radius 1 is 1.00 bits per heavy atom. The Morgan fingerprint density at radius 3 is 2.04 bits per heavy atom. The summed E-state index contributed by atoms with van der Waals surface area (Å²) < 4.78 is 23.4. The van der Waals surface area contributed by atoms with Gasteiger partial charge in [0.15, 0.2) is 9.84 Å². The number of amides is 1. The van der Waals surface area contributed by atoms with Gasteiger partial charge in [0.05, 0.1) is 11.3 Å². The molecule has 2 aromatic rings. The molecule has 26 heavy (non-hydrogen) atoms. The molecule has 0 fully saturated rings. The highest BCUT2D eigenvalue weighted by molar-refractivity contribution is 7.91. The second kappa shape index (κ2) is 8.14. The fourth-order valence-corrected chi connectivity index (χ4v) is 3.74. The minimum Gasteiger partial charge on any atom is -0.478 e. The first-order valence-corrected chi connectivity index (χ1v) is 10.00. The van der Waals surface area contributed by atoms with Gasteiger partial charge in [0.25, 0.3) is 5.91 Å². The van der Waals surface area contributed by atoms with Crippen molar-refractivity contribution in [3.8, 4) is 11.1 Å². The predicted octanol–water partition coefficient (Wildman–Crippen LogP) is 2.60. The number of benzene rings is 2. The zero-order valence-electron chi connectivity index (χ0n) is 14.6. The van der Waals surface area contributed by atoms with Crippen molar-refractivity contribution in [3.05, 3.63) is 59.7 Å². The van der Waals surface area contributed by atoms with Gasteiger partial charge in [0.1, 0.15) is 0 Å². The van der Waals surface area contributed by atoms with Gasteiger partial charge in [-0.05, 0) is 30.2 Å². The van der Waals surface area contributed by atoms with E-state index in [1.807, 2.05) is 0 Å². The van der Waals surface area contributed by atoms with Crippen LogP contribution in [0.3, 0.4) is 0 Å². The molecule has 138 valence electrons. The predicted molar refractivity (Wildman–Crippen MR) is 100 cm³/mol. The van der Waals surface area contributed by atoms with Crippen LogP contribution in [0.1, 0.15) is 34.6 Å². The van der Waals surface area contributed by atoms with Crippen LogP contribution in [-0.2, 0) is 9.84 Å². The van der Waals surface area contributed by atoms with E-state index >= 15 is 0 Å². The summed E-state index contributed by atoms with van der Waals surface area (Å²) >= 11 is 0. The average molecular weight is 375 g/mol. The largest absolute Gasteiger partial charge is 0.478 e. The highest BCUT2D eigenvalue weighted by Crippen LogP contribution is 2.27. The Balaban J connectivity index is 2.35. The SMILES string of the molecule is CCS(=O)(=O)CC(C)NC(=O)c1ccccc1-c1ccccc1C(=O)O. The molecule has 0 heterocycles. The third-order valence-electron chi connectivity index (χ3n) is 3.94. The third-order valence-corrected chi connectivity index (χ3v) is 5.83. The van der Waals surface area contributed by atoms with Crippen molar-refractivity contribution in [3.63, 3.8) is 0 Å². The molecule has 1 amide bonds. The second-order valence-electron chi connectivity index (χ2n) is 5.97. The lowest BCUT2D eigenvalue weighted by atomic mass is 9.95. The van der Waals surface area contributed by atoms with E-state index in [0.717, 1.165) is 0 Å². The third kappa shape index (κ3) is 4.70. The van der Waals surface area contributed by atoms with Crippen LogP contribution >= 0.6 is 0 Å². The standard InChI is InChI=1S/C19H21NO5S/c1-3-26(24,25)12-13(2)20-18(21)16-10-6-4-8-14(16)15-9-5-7-11-17(15)19(22)23/h4-11,13H,3,12H2,1-2H3,(H,20,21)(H,22,23). The molecule has 0 aromatic heterocycles. The fourth-order valence-electron chi connectivity index (χ4n) is 2.66. The van der Waals surface area contributed by atoms with Crippen molar-refractivity contribution in [1.29, 1.82) is 0 Å². The molecule has 0 bridgehead atoms. The first kappa shape index (κ1) is 19.7. The summed E-state index contributed by atoms with van der Waals surface area (Å²) in [5.41, 5.74) is 1.30. The van der Waals surface area contributed by atoms with Crippen LogP contribution in [-0.4, -0.2) is 42.9 Å². The Bertz CT molecular complexity index is 921. The lowest BCUT2D eigenvalue weighted by Gasteiger charge is -2.16. The van der Waals surface area contributed by atoms with Crippen LogP contribution in [0.25, 0.3) is 11.1 Å². The molecule has 2 rings (SSSR count). The van der Waals surface area contributed by atoms with Crippen LogP contribution in [0.5, 0.6) is 0 Å². The van der Waals surface area contributed by atoms with Crippen LogP contribution in [0.2, 0.25) is 0 Å². The van der Waals surface area contributed by atoms with Gasteiger partial charge in [0, 0.05) is 17.4 Å². The number of carboxylic acids is 1. The number of carbonyl (C=O) groups is 2. The zero-order valence-corrected chi connectivity index (χ0v) is 15.4. The molecule has 0 aliphatic rings. The molecular formula is C19H21NO5S. The van der Waals surface area contributed by atoms with Crippen molar-refractivity contribution >= 4 is 21.7 Å². The maximum absolute atomic E-state index is 12.7. The van der Waals surface area contributed by atoms with Gasteiger partial charge in [-0.15, -0.1) is 0 Å². The quantitative estimate of drug-likeness (QED) is 0.775. The van der Waals surface area contributed by atoms with E-state index in [0.29, 0.717) is 16.7 Å². The highest BCUT2D eigenvalue weighted by atomic mass is 32.2. The number of sulfone groups is 1. The van der Waals surface area contributed by atoms with Crippen molar-refractivity contribution in [2.45, 2.75) is 19.9 Å². The summed E-state index contributed by atoms with van der Waals surface area (Å²) in [6.07, 6.45) is 0. The van der Waals surface area contributed by atoms with E-state index in [1.165, 1.54) is 6.07 Å². The van der Waals surface area contributed by atoms with Gasteiger partial charge >= 0.3 is 5.97 Å². The van der Waals surface area contributed by atoms with Gasteiger partial charge in [-0.2, -0.15) is 0 Å². The summed E-state index contributed by atoms with van der Waals surface area (Å²) in [6.45, 7) is 3.18. The van der Waals surface area contributed by atoms with E-state index < -0.39 is 27.8 Å². The Morgan fingerprint density at radius 2 is 1.50 bits per heavy atom. The molecular weight excluding hydrogens is 354 g/mol. The molecule has 2 N–H and O–H groups in total. The molecule has 6 nitrogen and oxygen atoms in total. The second-order valence-corrected chi connectivity index (χ2v) is 8.37. The number of aromatic carboxylic acids is 1. The zero-order chi connectivity index (χ0) is 19.3. The summed E-state index contributed by atoms with van der Waals surface area (Å²) in [4.78, 5) is 24.1. The lowest BCUT2D eigenvalue weighted by molar-refractivity contribution is 0.0697. The summed E-state index contributed by atoms with van der Waals surface area (Å²) in [5.74, 6) is -1.67. The number of carbonyl (C=O) groups excluding carboxylic acids is 1. The summed E-state index contributed by atoms with van der Waals surface area (Å²) in [7, 11) is -3.22. The Hall–Kier alpha value is -2.67. The normalized spacial score (nSPS) is 12.4. The van der Waals surface area contributed by atoms with Crippen LogP contribution in [0.4, 0.5) is 0 Å². The van der Waals surface area contributed by atoms with Crippen LogP contribution in [0.15, 0.2) is 48.5 Å². The Kier molecular flexibility index (Phi) is 6.15. The van der Waals surface area contributed by atoms with Crippen LogP contribution in [0, 0.1) is 0 Å². The number of hydrogen-bond acceptors (Lipinski definition) is 4. The maximum atomic E-state index is 12.7. The van der Waals surface area contributed by atoms with Gasteiger partial charge in [-0.25, -0.2) is 13.2 Å². The molecule has 0 aliphatic carbocycles. The lowest BCUT2D eigenvalue weighted by Crippen LogP contribution is -2.38. The van der Waals surface area contributed by atoms with E-state index in [-0.39, 0.29) is 17.1 Å². The molecule has 0 spiro atoms. The molecule has 1 unspecified atom stereocenters. The van der Waals surface area contributed by atoms with E-state index in [9.17, 15) is 23.1 Å². The van der Waals surface area contributed by atoms with E-state index in [4.69, 9.17) is 0 Å². The molecule has 0 saturated heterocycles. The fraction of sp³-hybridized carbons (Fsp3) is 0.263. The minimum absolute atomic E-state index is 0.00971. The first-order valence-electron chi connectivity index (χ1n) is 8.18. The average Bonchev–Trinajstić information content (AvgIpc) is 2.61. The van der Waals surface area contributed by atoms with Gasteiger partial charge < -0.3 is 10.4 Å². The molecule has 1 atom stereocenters. The maximum Gasteiger partial charge on any atom is 0.336 e. The summed E-state index contributed by atoms with van der Waals surface area (Å²) in [6, 6.07) is 12.5. The van der Waals surface area contributed by atoms with E-state index in [1.54, 1.807) is 56.3 Å². The highest BCUT2D eigenvalue weighted by Gasteiger charge is 2.20. The molecule has 0 aliphatic heterocycles. The van der Waals surface area contributed by atoms with E-state index in [2.05, 4.69) is 5.32 Å². The smallest absolute Gasteiger partial charge is 0.336 e. The number of carboxylic acid groups (broad SMARTS) is 1. The molecule has 2 aromatic carbocycles. The van der Waals surface area contributed by atoms with Gasteiger partial charge in [-0.1, -0.05) is 43.3 Å². The molecule has 0 radical (unpaired) electrons. The number of nitrogens with one attached hydrogen (secondary N) is 1. The minimum atomic E-state index is -3.22. The van der Waals surface area contributed by atoms with Gasteiger partial charge in [0.2, 0.25) is 0 Å². The molecule has 7 heteroatoms. The van der Waals surface area contributed by atoms with Crippen LogP contribution < -0.4 is 5.32 Å². The van der Waals surface area contributed by atoms with Crippen molar-refractivity contribution in [1.82, 2.24) is 5.32 Å². The topological polar surface area (TPSA) is 101 Å². The van der Waals surface area contributed by atoms with Gasteiger partial charge in [-0.3, -0.25) is 4.79 Å². The number of rotatable bonds is 7. The van der Waals surface area contributed by atoms with Crippen molar-refractivity contribution in [2.75, 3.05) is 11.5 Å². The van der Waals surface area contributed by atoms with Crippen molar-refractivity contribution < 1.29 is 23.1 Å². The summed E-state index contributed by atoms with van der Waals surface area (Å²) in [5, 5.41) is 12.1. The van der Waals surface area contributed by atoms with Crippen molar-refractivity contribution in [2.24, 2.45) is 0 Å². The monoisotopic (exact) mass is 375 g/mol. The number of hydrogen-bond donors (Lipinski definition) is 2. The molecule has 0 saturated carbocycles. The Labute approximate surface area is 152 Å².